The fourth-order valence-corrected chi connectivity index (χ4v) is 9.49. The minimum Gasteiger partial charge on any atom is -0.506 e. The Kier molecular flexibility index (Phi) is 21.5. The molecule has 0 saturated heterocycles. The molecule has 6 aromatic rings. The lowest BCUT2D eigenvalue weighted by Crippen LogP contribution is -2.54. The summed E-state index contributed by atoms with van der Waals surface area (Å²) in [6.07, 6.45) is -5.42. The number of ether oxygens (including phenoxy) is 1. The van der Waals surface area contributed by atoms with Gasteiger partial charge in [-0.15, -0.1) is 0 Å². The van der Waals surface area contributed by atoms with Gasteiger partial charge in [0.15, 0.2) is 5.58 Å². The van der Waals surface area contributed by atoms with Crippen LogP contribution in [0.25, 0.3) is 11.1 Å². The van der Waals surface area contributed by atoms with Gasteiger partial charge in [0.2, 0.25) is 5.41 Å². The largest absolute Gasteiger partial charge is 0.506 e. The van der Waals surface area contributed by atoms with E-state index in [0.29, 0.717) is 42.1 Å². The van der Waals surface area contributed by atoms with Gasteiger partial charge in [-0.3, -0.25) is 0 Å². The number of hydrogen-bond acceptors (Lipinski definition) is 12. The lowest BCUT2D eigenvalue weighted by molar-refractivity contribution is -0.288. The smallest absolute Gasteiger partial charge is 0.411 e. The second-order valence-corrected chi connectivity index (χ2v) is 19.5. The normalized spacial score (nSPS) is 17.5. The van der Waals surface area contributed by atoms with Crippen LogP contribution in [0.1, 0.15) is 107 Å². The molecule has 408 valence electrons. The van der Waals surface area contributed by atoms with Crippen molar-refractivity contribution in [1.82, 2.24) is 4.98 Å². The summed E-state index contributed by atoms with van der Waals surface area (Å²) in [5.74, 6) is 3.51. The first-order chi connectivity index (χ1) is 34.0. The van der Waals surface area contributed by atoms with Crippen molar-refractivity contribution in [3.8, 4) is 11.5 Å². The predicted octanol–water partition coefficient (Wildman–Crippen LogP) is 12.2. The number of nitrogens with zero attached hydrogens (tertiary/aromatic N) is 1. The van der Waals surface area contributed by atoms with Crippen LogP contribution in [-0.2, 0) is 15.6 Å². The van der Waals surface area contributed by atoms with Crippen molar-refractivity contribution in [2.45, 2.75) is 118 Å². The Morgan fingerprint density at radius 1 is 0.635 bits per heavy atom. The Bertz CT molecular complexity index is 2610. The summed E-state index contributed by atoms with van der Waals surface area (Å²) in [6.45, 7) is 18.3. The maximum absolute atomic E-state index is 13.8. The van der Waals surface area contributed by atoms with Crippen LogP contribution >= 0.6 is 0 Å². The zero-order valence-corrected chi connectivity index (χ0v) is 43.0. The van der Waals surface area contributed by atoms with Crippen molar-refractivity contribution in [2.24, 2.45) is 35.1 Å². The lowest BCUT2D eigenvalue weighted by atomic mass is 9.72. The molecule has 0 spiro atoms. The maximum atomic E-state index is 13.8. The molecule has 1 heterocycles. The highest BCUT2D eigenvalue weighted by atomic mass is 19.4. The van der Waals surface area contributed by atoms with Crippen molar-refractivity contribution in [3.63, 3.8) is 0 Å². The third-order valence-electron chi connectivity index (χ3n) is 14.1. The standard InChI is InChI=1S/C16H14F6N2O.C16H20N2O.C10H19N.C8H8N2O.C5H13NO.CH4/c1-8-2-3-9(6-11(8)23)14(15(17,18)19,16(20,21)22)10-4-5-13(25)12(24)7-10;1-10-4-5-11(8-13(10)17)16(2,3)12-6-7-15(19)14(18)9-12;1-2-7-3-9-4-8(7)5-10(9)6-11;1-5-2-3-6-7(4-5)11-8(9)10-6;1-3-7-5(2)4-6;/h2-7,25H,23-24H2,1H3;4-9,19H,17-18H2,1-3H3;7-10H,2-6,11H2,1H3;2-4H,1H3,(H2,9,10);5H,3-4,6H2,1-2H3;1H4. The number of benzene rings is 5. The molecule has 2 bridgehead atoms. The molecule has 0 radical (unpaired) electrons. The van der Waals surface area contributed by atoms with Crippen LogP contribution in [0.5, 0.6) is 11.5 Å². The molecular formula is C56H78F6N8O4. The van der Waals surface area contributed by atoms with Gasteiger partial charge < -0.3 is 59.5 Å². The van der Waals surface area contributed by atoms with Gasteiger partial charge in [-0.25, -0.2) is 0 Å². The zero-order valence-electron chi connectivity index (χ0n) is 43.0. The molecule has 74 heavy (non-hydrogen) atoms. The Morgan fingerprint density at radius 3 is 1.50 bits per heavy atom. The zero-order chi connectivity index (χ0) is 54.8. The summed E-state index contributed by atoms with van der Waals surface area (Å²) in [7, 11) is 0. The van der Waals surface area contributed by atoms with E-state index in [1.54, 1.807) is 6.07 Å². The number of aryl methyl sites for hydroxylation is 3. The molecule has 2 aliphatic carbocycles. The Hall–Kier alpha value is -6.37. The number of halogens is 6. The molecule has 12 nitrogen and oxygen atoms in total. The van der Waals surface area contributed by atoms with E-state index in [9.17, 15) is 36.6 Å². The molecule has 5 aromatic carbocycles. The van der Waals surface area contributed by atoms with Crippen molar-refractivity contribution < 1.29 is 45.7 Å². The van der Waals surface area contributed by atoms with Gasteiger partial charge >= 0.3 is 12.4 Å². The summed E-state index contributed by atoms with van der Waals surface area (Å²) in [4.78, 5) is 3.97. The van der Waals surface area contributed by atoms with Crippen LogP contribution < -0.4 is 40.1 Å². The van der Waals surface area contributed by atoms with Gasteiger partial charge in [0.05, 0.1) is 17.5 Å². The number of aromatic nitrogens is 1. The molecule has 2 fully saturated rings. The maximum Gasteiger partial charge on any atom is 0.411 e. The van der Waals surface area contributed by atoms with Crippen molar-refractivity contribution >= 4 is 39.9 Å². The second-order valence-electron chi connectivity index (χ2n) is 19.5. The fraction of sp³-hybridized carbons (Fsp3) is 0.446. The highest BCUT2D eigenvalue weighted by Crippen LogP contribution is 2.57. The highest BCUT2D eigenvalue weighted by Gasteiger charge is 2.72. The van der Waals surface area contributed by atoms with Crippen molar-refractivity contribution in [3.05, 3.63) is 130 Å². The number of anilines is 5. The van der Waals surface area contributed by atoms with Gasteiger partial charge in [-0.05, 0) is 172 Å². The molecule has 0 amide bonds. The minimum absolute atomic E-state index is 0. The monoisotopic (exact) mass is 1040 g/mol. The third kappa shape index (κ3) is 14.5. The number of hydrogen-bond donors (Lipinski definition) is 9. The van der Waals surface area contributed by atoms with E-state index in [1.807, 2.05) is 70.2 Å². The highest BCUT2D eigenvalue weighted by molar-refractivity contribution is 5.74. The molecule has 18 heteroatoms. The van der Waals surface area contributed by atoms with Crippen LogP contribution in [0.4, 0.5) is 55.1 Å². The average molecular weight is 1040 g/mol. The minimum atomic E-state index is -5.74. The predicted molar refractivity (Wildman–Crippen MR) is 288 cm³/mol. The molecule has 5 unspecified atom stereocenters. The number of aromatic hydroxyl groups is 2. The first-order valence-electron chi connectivity index (χ1n) is 24.2. The van der Waals surface area contributed by atoms with Gasteiger partial charge in [0, 0.05) is 29.9 Å². The number of rotatable bonds is 9. The number of nitrogens with two attached hydrogens (primary N) is 7. The van der Waals surface area contributed by atoms with E-state index >= 15 is 0 Å². The molecule has 2 aliphatic rings. The first kappa shape index (κ1) is 61.9. The van der Waals surface area contributed by atoms with Crippen LogP contribution in [0.15, 0.2) is 95.4 Å². The Morgan fingerprint density at radius 2 is 1.08 bits per heavy atom. The number of oxazole rings is 1. The molecule has 16 N–H and O–H groups in total. The van der Waals surface area contributed by atoms with E-state index < -0.39 is 40.3 Å². The Balaban J connectivity index is 0.000000259. The van der Waals surface area contributed by atoms with Crippen molar-refractivity contribution in [2.75, 3.05) is 48.4 Å². The van der Waals surface area contributed by atoms with Crippen LogP contribution in [0.2, 0.25) is 0 Å². The first-order valence-corrected chi connectivity index (χ1v) is 24.2. The lowest BCUT2D eigenvalue weighted by Gasteiger charge is -2.38. The van der Waals surface area contributed by atoms with Gasteiger partial charge in [0.25, 0.3) is 6.01 Å². The van der Waals surface area contributed by atoms with Gasteiger partial charge in [-0.2, -0.15) is 31.3 Å². The van der Waals surface area contributed by atoms with Crippen LogP contribution in [0.3, 0.4) is 0 Å². The quantitative estimate of drug-likeness (QED) is 0.0372. The molecular weight excluding hydrogens is 963 g/mol. The van der Waals surface area contributed by atoms with Crippen LogP contribution in [0, 0.1) is 44.4 Å². The molecule has 5 atom stereocenters. The van der Waals surface area contributed by atoms with E-state index in [1.165, 1.54) is 32.6 Å². The fourth-order valence-electron chi connectivity index (χ4n) is 9.49. The summed E-state index contributed by atoms with van der Waals surface area (Å²) in [6, 6.07) is 21.6. The number of phenolic OH excluding ortho intramolecular Hbond substituents is 2. The number of phenols is 2. The van der Waals surface area contributed by atoms with E-state index in [4.69, 9.17) is 49.3 Å². The van der Waals surface area contributed by atoms with Gasteiger partial charge in [-0.1, -0.05) is 77.1 Å². The second kappa shape index (κ2) is 25.7. The van der Waals surface area contributed by atoms with Crippen LogP contribution in [-0.4, -0.2) is 53.3 Å². The Labute approximate surface area is 432 Å². The van der Waals surface area contributed by atoms with E-state index in [2.05, 4.69) is 31.8 Å². The van der Waals surface area contributed by atoms with Crippen molar-refractivity contribution in [1.29, 1.82) is 0 Å². The third-order valence-corrected chi connectivity index (χ3v) is 14.1. The molecule has 0 aliphatic heterocycles. The summed E-state index contributed by atoms with van der Waals surface area (Å²) in [5.41, 5.74) is 38.8. The topological polar surface area (TPSA) is 258 Å². The summed E-state index contributed by atoms with van der Waals surface area (Å²) in [5, 5.41) is 18.9. The average Bonchev–Trinajstić information content (AvgIpc) is 4.04. The number of alkyl halides is 6. The molecule has 1 aromatic heterocycles. The van der Waals surface area contributed by atoms with E-state index in [0.717, 1.165) is 88.0 Å². The number of nitrogen functional groups attached to an aromatic ring is 5. The summed E-state index contributed by atoms with van der Waals surface area (Å²) < 4.78 is 93.2. The SMILES string of the molecule is C.CCC1CC2CC1CC2CN.CCOC(C)CN.Cc1ccc(C(C)(C)c2ccc(O)c(N)c2)cc1N.Cc1ccc(C(c2ccc(O)c(N)c2)(C(F)(F)F)C(F)(F)F)cc1N.Cc1ccc2nc(N)oc2c1. The summed E-state index contributed by atoms with van der Waals surface area (Å²) >= 11 is 0. The van der Waals surface area contributed by atoms with Gasteiger partial charge in [0.1, 0.15) is 17.0 Å². The number of fused-ring (bicyclic) bond motifs is 3. The van der Waals surface area contributed by atoms with E-state index in [-0.39, 0.29) is 36.4 Å². The molecule has 2 saturated carbocycles. The molecule has 8 rings (SSSR count).